The molecule has 0 aromatic heterocycles. The number of ether oxygens (including phenoxy) is 1. The average Bonchev–Trinajstić information content (AvgIpc) is 2.15. The average molecular weight is 237 g/mol. The number of benzene rings is 1. The lowest BCUT2D eigenvalue weighted by Crippen LogP contribution is -2.33. The molecule has 3 nitrogen and oxygen atoms in total. The van der Waals surface area contributed by atoms with E-state index in [0.717, 1.165) is 11.3 Å². The van der Waals surface area contributed by atoms with E-state index < -0.39 is 5.60 Å². The van der Waals surface area contributed by atoms with Gasteiger partial charge in [0.05, 0.1) is 5.60 Å². The van der Waals surface area contributed by atoms with E-state index in [9.17, 15) is 5.11 Å². The molecular weight excluding hydrogens is 214 g/mol. The van der Waals surface area contributed by atoms with E-state index in [1.165, 1.54) is 0 Å². The monoisotopic (exact) mass is 237 g/mol. The molecule has 17 heavy (non-hydrogen) atoms. The van der Waals surface area contributed by atoms with E-state index >= 15 is 0 Å². The van der Waals surface area contributed by atoms with Gasteiger partial charge in [0.2, 0.25) is 0 Å². The molecule has 0 saturated heterocycles. The molecule has 0 spiro atoms. The Morgan fingerprint density at radius 2 is 1.65 bits per heavy atom. The quantitative estimate of drug-likeness (QED) is 0.844. The minimum Gasteiger partial charge on any atom is -0.488 e. The van der Waals surface area contributed by atoms with Crippen LogP contribution in [0.1, 0.15) is 33.3 Å². The first-order valence-electron chi connectivity index (χ1n) is 5.91. The molecule has 1 atom stereocenters. The second-order valence-corrected chi connectivity index (χ2v) is 5.54. The molecule has 0 aliphatic rings. The summed E-state index contributed by atoms with van der Waals surface area (Å²) in [4.78, 5) is 0. The van der Waals surface area contributed by atoms with Gasteiger partial charge < -0.3 is 15.2 Å². The number of likely N-dealkylation sites (N-methyl/N-ethyl adjacent to an activating group) is 1. The number of nitrogens with one attached hydrogen (secondary N) is 1. The van der Waals surface area contributed by atoms with Crippen molar-refractivity contribution >= 4 is 0 Å². The number of hydrogen-bond acceptors (Lipinski definition) is 3. The maximum atomic E-state index is 10.2. The Labute approximate surface area is 104 Å². The summed E-state index contributed by atoms with van der Waals surface area (Å²) in [7, 11) is 1.82. The number of aliphatic hydroxyl groups is 1. The van der Waals surface area contributed by atoms with Crippen LogP contribution in [0.4, 0.5) is 0 Å². The van der Waals surface area contributed by atoms with E-state index in [1.54, 1.807) is 6.92 Å². The molecule has 0 heterocycles. The Morgan fingerprint density at radius 3 is 2.06 bits per heavy atom. The lowest BCUT2D eigenvalue weighted by Gasteiger charge is -2.25. The Kier molecular flexibility index (Phi) is 4.17. The fourth-order valence-corrected chi connectivity index (χ4v) is 1.68. The first kappa shape index (κ1) is 14.0. The van der Waals surface area contributed by atoms with E-state index in [0.29, 0.717) is 6.54 Å². The smallest absolute Gasteiger partial charge is 0.120 e. The van der Waals surface area contributed by atoms with Crippen molar-refractivity contribution in [3.63, 3.8) is 0 Å². The Hall–Kier alpha value is -1.06. The summed E-state index contributed by atoms with van der Waals surface area (Å²) in [6, 6.07) is 7.59. The van der Waals surface area contributed by atoms with Crippen molar-refractivity contribution in [3.05, 3.63) is 29.8 Å². The summed E-state index contributed by atoms with van der Waals surface area (Å²) in [6.07, 6.45) is 0. The molecule has 1 rings (SSSR count). The molecule has 0 aliphatic heterocycles. The van der Waals surface area contributed by atoms with Crippen molar-refractivity contribution in [2.24, 2.45) is 0 Å². The zero-order valence-electron chi connectivity index (χ0n) is 11.4. The largest absolute Gasteiger partial charge is 0.488 e. The first-order chi connectivity index (χ1) is 7.74. The van der Waals surface area contributed by atoms with Crippen LogP contribution in [0.25, 0.3) is 0 Å². The van der Waals surface area contributed by atoms with Crippen LogP contribution in [0.3, 0.4) is 0 Å². The third-order valence-corrected chi connectivity index (χ3v) is 2.42. The highest BCUT2D eigenvalue weighted by molar-refractivity contribution is 5.31. The van der Waals surface area contributed by atoms with Gasteiger partial charge in [-0.1, -0.05) is 12.1 Å². The molecule has 0 aliphatic carbocycles. The van der Waals surface area contributed by atoms with Crippen molar-refractivity contribution in [2.45, 2.75) is 38.9 Å². The first-order valence-corrected chi connectivity index (χ1v) is 5.91. The van der Waals surface area contributed by atoms with Crippen LogP contribution < -0.4 is 10.1 Å². The zero-order chi connectivity index (χ0) is 13.1. The van der Waals surface area contributed by atoms with Gasteiger partial charge in [-0.25, -0.2) is 0 Å². The standard InChI is InChI=1S/C14H23NO2/c1-13(2,3)17-12-8-6-11(7-9-12)14(4,16)10-15-5/h6-9,15-16H,10H2,1-5H3. The molecular formula is C14H23NO2. The summed E-state index contributed by atoms with van der Waals surface area (Å²) in [5.74, 6) is 0.821. The maximum absolute atomic E-state index is 10.2. The summed E-state index contributed by atoms with van der Waals surface area (Å²) in [6.45, 7) is 8.35. The lowest BCUT2D eigenvalue weighted by atomic mass is 9.96. The van der Waals surface area contributed by atoms with Crippen LogP contribution in [0, 0.1) is 0 Å². The Morgan fingerprint density at radius 1 is 1.12 bits per heavy atom. The Bertz CT molecular complexity index is 349. The van der Waals surface area contributed by atoms with Gasteiger partial charge in [-0.3, -0.25) is 0 Å². The third kappa shape index (κ3) is 4.36. The summed E-state index contributed by atoms with van der Waals surface area (Å²) in [5, 5.41) is 13.2. The molecule has 96 valence electrons. The SMILES string of the molecule is CNCC(C)(O)c1ccc(OC(C)(C)C)cc1. The van der Waals surface area contributed by atoms with Crippen LogP contribution in [0.15, 0.2) is 24.3 Å². The maximum Gasteiger partial charge on any atom is 0.120 e. The predicted molar refractivity (Wildman–Crippen MR) is 70.3 cm³/mol. The molecule has 0 amide bonds. The number of hydrogen-bond donors (Lipinski definition) is 2. The van der Waals surface area contributed by atoms with Crippen molar-refractivity contribution in [1.29, 1.82) is 0 Å². The lowest BCUT2D eigenvalue weighted by molar-refractivity contribution is 0.0590. The molecule has 0 saturated carbocycles. The van der Waals surface area contributed by atoms with Crippen LogP contribution >= 0.6 is 0 Å². The minimum atomic E-state index is -0.852. The van der Waals surface area contributed by atoms with Crippen molar-refractivity contribution in [1.82, 2.24) is 5.32 Å². The van der Waals surface area contributed by atoms with Crippen molar-refractivity contribution in [3.8, 4) is 5.75 Å². The van der Waals surface area contributed by atoms with Crippen LogP contribution in [-0.4, -0.2) is 24.3 Å². The number of rotatable bonds is 4. The predicted octanol–water partition coefficient (Wildman–Crippen LogP) is 2.29. The second-order valence-electron chi connectivity index (χ2n) is 5.54. The van der Waals surface area contributed by atoms with E-state index in [1.807, 2.05) is 52.1 Å². The highest BCUT2D eigenvalue weighted by Gasteiger charge is 2.22. The molecule has 0 fully saturated rings. The molecule has 0 bridgehead atoms. The topological polar surface area (TPSA) is 41.5 Å². The van der Waals surface area contributed by atoms with E-state index in [-0.39, 0.29) is 5.60 Å². The molecule has 1 unspecified atom stereocenters. The summed E-state index contributed by atoms with van der Waals surface area (Å²) < 4.78 is 5.73. The zero-order valence-corrected chi connectivity index (χ0v) is 11.4. The highest BCUT2D eigenvalue weighted by Crippen LogP contribution is 2.24. The minimum absolute atomic E-state index is 0.199. The van der Waals surface area contributed by atoms with Gasteiger partial charge in [-0.15, -0.1) is 0 Å². The summed E-state index contributed by atoms with van der Waals surface area (Å²) in [5.41, 5.74) is -0.169. The molecule has 3 heteroatoms. The van der Waals surface area contributed by atoms with Gasteiger partial charge in [0.1, 0.15) is 11.4 Å². The third-order valence-electron chi connectivity index (χ3n) is 2.42. The molecule has 1 aromatic rings. The van der Waals surface area contributed by atoms with Gasteiger partial charge in [0, 0.05) is 6.54 Å². The molecule has 2 N–H and O–H groups in total. The summed E-state index contributed by atoms with van der Waals surface area (Å²) >= 11 is 0. The molecule has 1 aromatic carbocycles. The fraction of sp³-hybridized carbons (Fsp3) is 0.571. The van der Waals surface area contributed by atoms with Gasteiger partial charge in [0.15, 0.2) is 0 Å². The van der Waals surface area contributed by atoms with E-state index in [4.69, 9.17) is 4.74 Å². The molecule has 0 radical (unpaired) electrons. The van der Waals surface area contributed by atoms with Crippen LogP contribution in [0.2, 0.25) is 0 Å². The second kappa shape index (κ2) is 5.07. The van der Waals surface area contributed by atoms with Gasteiger partial charge in [-0.2, -0.15) is 0 Å². The Balaban J connectivity index is 2.81. The van der Waals surface area contributed by atoms with Gasteiger partial charge in [0.25, 0.3) is 0 Å². The van der Waals surface area contributed by atoms with Crippen LogP contribution in [0.5, 0.6) is 5.75 Å². The normalized spacial score (nSPS) is 15.4. The van der Waals surface area contributed by atoms with Crippen molar-refractivity contribution < 1.29 is 9.84 Å². The fourth-order valence-electron chi connectivity index (χ4n) is 1.68. The van der Waals surface area contributed by atoms with E-state index in [2.05, 4.69) is 5.32 Å². The van der Waals surface area contributed by atoms with Crippen LogP contribution in [-0.2, 0) is 5.60 Å². The van der Waals surface area contributed by atoms with Gasteiger partial charge in [-0.05, 0) is 52.4 Å². The van der Waals surface area contributed by atoms with Crippen molar-refractivity contribution in [2.75, 3.05) is 13.6 Å². The highest BCUT2D eigenvalue weighted by atomic mass is 16.5. The van der Waals surface area contributed by atoms with Gasteiger partial charge >= 0.3 is 0 Å².